The lowest BCUT2D eigenvalue weighted by Crippen LogP contribution is -2.46. The third-order valence-corrected chi connectivity index (χ3v) is 6.87. The summed E-state index contributed by atoms with van der Waals surface area (Å²) in [6.45, 7) is 16.8. The van der Waals surface area contributed by atoms with E-state index in [2.05, 4.69) is 11.0 Å². The number of hydrogen-bond donors (Lipinski definition) is 0. The minimum absolute atomic E-state index is 0.00792. The van der Waals surface area contributed by atoms with Crippen LogP contribution in [0.15, 0.2) is 46.2 Å². The zero-order valence-corrected chi connectivity index (χ0v) is 22.9. The van der Waals surface area contributed by atoms with E-state index in [1.54, 1.807) is 26.0 Å². The van der Waals surface area contributed by atoms with Gasteiger partial charge in [-0.2, -0.15) is 8.42 Å². The van der Waals surface area contributed by atoms with Gasteiger partial charge >= 0.3 is 11.9 Å². The standard InChI is InChI=1S/C26H40N2O6S/c1-9-17-26(24(29)33-10-2,25(30)34-11-3)18-16-23(28(19(4)5)20(6)7)27-35(31,32)22-14-12-21(8)13-15-22/h9,12-15,19-20H,1,10-11,16-18H2,2-8H3/b27-23+. The fourth-order valence-corrected chi connectivity index (χ4v) is 5.03. The molecular formula is C26H40N2O6S. The van der Waals surface area contributed by atoms with Crippen molar-refractivity contribution in [3.05, 3.63) is 42.5 Å². The Bertz CT molecular complexity index is 971. The number of nitrogens with zero attached hydrogens (tertiary/aromatic N) is 2. The highest BCUT2D eigenvalue weighted by Gasteiger charge is 2.48. The van der Waals surface area contributed by atoms with Gasteiger partial charge in [0.2, 0.25) is 0 Å². The van der Waals surface area contributed by atoms with Crippen LogP contribution in [0, 0.1) is 12.3 Å². The molecule has 8 nitrogen and oxygen atoms in total. The third-order valence-electron chi connectivity index (χ3n) is 5.56. The summed E-state index contributed by atoms with van der Waals surface area (Å²) in [6, 6.07) is 6.28. The smallest absolute Gasteiger partial charge is 0.323 e. The summed E-state index contributed by atoms with van der Waals surface area (Å²) in [7, 11) is -4.04. The van der Waals surface area contributed by atoms with Crippen molar-refractivity contribution in [3.63, 3.8) is 0 Å². The van der Waals surface area contributed by atoms with Gasteiger partial charge in [-0.15, -0.1) is 11.0 Å². The van der Waals surface area contributed by atoms with Gasteiger partial charge in [-0.3, -0.25) is 9.59 Å². The van der Waals surface area contributed by atoms with Gasteiger partial charge in [-0.1, -0.05) is 23.8 Å². The number of rotatable bonds is 13. The van der Waals surface area contributed by atoms with Crippen LogP contribution in [-0.2, 0) is 29.1 Å². The van der Waals surface area contributed by atoms with Crippen LogP contribution < -0.4 is 0 Å². The molecule has 0 aliphatic carbocycles. The second kappa shape index (κ2) is 13.4. The molecule has 0 spiro atoms. The number of amidine groups is 1. The van der Waals surface area contributed by atoms with Crippen molar-refractivity contribution in [1.82, 2.24) is 4.90 Å². The lowest BCUT2D eigenvalue weighted by molar-refractivity contribution is -0.172. The molecule has 1 aromatic rings. The number of aryl methyl sites for hydroxylation is 1. The summed E-state index contributed by atoms with van der Waals surface area (Å²) in [6.07, 6.45) is 1.45. The molecule has 1 aromatic carbocycles. The molecule has 1 rings (SSSR count). The van der Waals surface area contributed by atoms with Gasteiger partial charge in [-0.05, 0) is 73.4 Å². The number of carbonyl (C=O) groups excluding carboxylic acids is 2. The maximum absolute atomic E-state index is 13.2. The molecule has 0 aromatic heterocycles. The highest BCUT2D eigenvalue weighted by atomic mass is 32.2. The lowest BCUT2D eigenvalue weighted by atomic mass is 9.79. The number of esters is 2. The molecule has 0 N–H and O–H groups in total. The number of allylic oxidation sites excluding steroid dienone is 1. The summed E-state index contributed by atoms with van der Waals surface area (Å²) in [5, 5.41) is 0. The Hall–Kier alpha value is -2.68. The zero-order chi connectivity index (χ0) is 26.8. The summed E-state index contributed by atoms with van der Waals surface area (Å²) in [5.74, 6) is -1.18. The molecule has 0 aliphatic rings. The van der Waals surface area contributed by atoms with Crippen molar-refractivity contribution in [1.29, 1.82) is 0 Å². The first kappa shape index (κ1) is 30.4. The highest BCUT2D eigenvalue weighted by Crippen LogP contribution is 2.34. The largest absolute Gasteiger partial charge is 0.465 e. The molecule has 0 radical (unpaired) electrons. The number of hydrogen-bond acceptors (Lipinski definition) is 6. The maximum Gasteiger partial charge on any atom is 0.323 e. The Balaban J connectivity index is 3.61. The van der Waals surface area contributed by atoms with Crippen LogP contribution in [-0.4, -0.2) is 56.4 Å². The van der Waals surface area contributed by atoms with Crippen molar-refractivity contribution in [2.24, 2.45) is 9.81 Å². The van der Waals surface area contributed by atoms with Gasteiger partial charge in [0.15, 0.2) is 5.41 Å². The SMILES string of the molecule is C=CCC(CC/C(=N\S(=O)(=O)c1ccc(C)cc1)N(C(C)C)C(C)C)(C(=O)OCC)C(=O)OCC. The molecule has 0 bridgehead atoms. The van der Waals surface area contributed by atoms with Crippen LogP contribution in [0.25, 0.3) is 0 Å². The van der Waals surface area contributed by atoms with Gasteiger partial charge in [0.1, 0.15) is 5.84 Å². The fraction of sp³-hybridized carbons (Fsp3) is 0.577. The average Bonchev–Trinajstić information content (AvgIpc) is 2.76. The van der Waals surface area contributed by atoms with Crippen molar-refractivity contribution < 1.29 is 27.5 Å². The summed E-state index contributed by atoms with van der Waals surface area (Å²) in [4.78, 5) is 28.0. The summed E-state index contributed by atoms with van der Waals surface area (Å²) >= 11 is 0. The van der Waals surface area contributed by atoms with E-state index >= 15 is 0 Å². The van der Waals surface area contributed by atoms with Crippen LogP contribution >= 0.6 is 0 Å². The minimum Gasteiger partial charge on any atom is -0.465 e. The van der Waals surface area contributed by atoms with Gasteiger partial charge in [0.05, 0.1) is 18.1 Å². The first-order valence-corrected chi connectivity index (χ1v) is 13.4. The Labute approximate surface area is 210 Å². The average molecular weight is 509 g/mol. The van der Waals surface area contributed by atoms with E-state index in [1.807, 2.05) is 39.5 Å². The first-order valence-electron chi connectivity index (χ1n) is 12.0. The van der Waals surface area contributed by atoms with Crippen molar-refractivity contribution >= 4 is 27.8 Å². The molecular weight excluding hydrogens is 468 g/mol. The molecule has 0 fully saturated rings. The highest BCUT2D eigenvalue weighted by molar-refractivity contribution is 7.90. The Kier molecular flexibility index (Phi) is 11.6. The van der Waals surface area contributed by atoms with Crippen LogP contribution in [0.1, 0.15) is 66.4 Å². The normalized spacial score (nSPS) is 12.5. The van der Waals surface area contributed by atoms with Crippen LogP contribution in [0.5, 0.6) is 0 Å². The van der Waals surface area contributed by atoms with Gasteiger partial charge in [0.25, 0.3) is 10.0 Å². The molecule has 0 atom stereocenters. The second-order valence-electron chi connectivity index (χ2n) is 8.91. The van der Waals surface area contributed by atoms with E-state index < -0.39 is 27.4 Å². The van der Waals surface area contributed by atoms with Crippen molar-refractivity contribution in [2.75, 3.05) is 13.2 Å². The van der Waals surface area contributed by atoms with Gasteiger partial charge in [-0.25, -0.2) is 0 Å². The van der Waals surface area contributed by atoms with Gasteiger partial charge in [0, 0.05) is 18.5 Å². The molecule has 0 amide bonds. The van der Waals surface area contributed by atoms with E-state index in [4.69, 9.17) is 9.47 Å². The quantitative estimate of drug-likeness (QED) is 0.125. The van der Waals surface area contributed by atoms with E-state index in [-0.39, 0.29) is 55.3 Å². The molecule has 0 unspecified atom stereocenters. The molecule has 0 heterocycles. The van der Waals surface area contributed by atoms with E-state index in [0.29, 0.717) is 0 Å². The monoisotopic (exact) mass is 508 g/mol. The third kappa shape index (κ3) is 7.92. The maximum atomic E-state index is 13.2. The molecule has 0 saturated heterocycles. The summed E-state index contributed by atoms with van der Waals surface area (Å²) in [5.41, 5.74) is -0.723. The molecule has 0 saturated carbocycles. The number of carbonyl (C=O) groups is 2. The van der Waals surface area contributed by atoms with Gasteiger partial charge < -0.3 is 14.4 Å². The zero-order valence-electron chi connectivity index (χ0n) is 22.0. The lowest BCUT2D eigenvalue weighted by Gasteiger charge is -2.35. The second-order valence-corrected chi connectivity index (χ2v) is 10.5. The Morgan fingerprint density at radius 1 is 1.03 bits per heavy atom. The molecule has 196 valence electrons. The molecule has 0 aliphatic heterocycles. The molecule has 9 heteroatoms. The van der Waals surface area contributed by atoms with E-state index in [0.717, 1.165) is 5.56 Å². The summed E-state index contributed by atoms with van der Waals surface area (Å²) < 4.78 is 41.1. The Morgan fingerprint density at radius 3 is 1.91 bits per heavy atom. The van der Waals surface area contributed by atoms with E-state index in [9.17, 15) is 18.0 Å². The van der Waals surface area contributed by atoms with E-state index in [1.165, 1.54) is 18.2 Å². The Morgan fingerprint density at radius 2 is 1.51 bits per heavy atom. The predicted octanol–water partition coefficient (Wildman–Crippen LogP) is 4.67. The van der Waals surface area contributed by atoms with Crippen LogP contribution in [0.2, 0.25) is 0 Å². The van der Waals surface area contributed by atoms with Crippen molar-refractivity contribution in [3.8, 4) is 0 Å². The van der Waals surface area contributed by atoms with Crippen LogP contribution in [0.3, 0.4) is 0 Å². The molecule has 35 heavy (non-hydrogen) atoms. The van der Waals surface area contributed by atoms with Crippen LogP contribution in [0.4, 0.5) is 0 Å². The number of ether oxygens (including phenoxy) is 2. The topological polar surface area (TPSA) is 102 Å². The fourth-order valence-electron chi connectivity index (χ4n) is 3.98. The number of sulfonamides is 1. The predicted molar refractivity (Wildman–Crippen MR) is 138 cm³/mol. The van der Waals surface area contributed by atoms with Crippen molar-refractivity contribution in [2.45, 2.75) is 84.7 Å². The first-order chi connectivity index (χ1) is 16.4. The minimum atomic E-state index is -4.04. The number of benzene rings is 1.